The third-order valence-electron chi connectivity index (χ3n) is 6.20. The molecular weight excluding hydrogens is 396 g/mol. The van der Waals surface area contributed by atoms with Crippen LogP contribution in [0.15, 0.2) is 25.2 Å². The van der Waals surface area contributed by atoms with E-state index in [1.807, 2.05) is 0 Å². The summed E-state index contributed by atoms with van der Waals surface area (Å²) in [5.74, 6) is 0.0115. The zero-order chi connectivity index (χ0) is 21.1. The normalized spacial score (nSPS) is 20.2. The molecule has 4 rings (SSSR count). The van der Waals surface area contributed by atoms with Gasteiger partial charge < -0.3 is 9.25 Å². The van der Waals surface area contributed by atoms with E-state index in [0.717, 1.165) is 6.42 Å². The van der Waals surface area contributed by atoms with Crippen LogP contribution in [0.1, 0.15) is 63.4 Å². The van der Waals surface area contributed by atoms with Crippen LogP contribution in [0.4, 0.5) is 8.78 Å². The average Bonchev–Trinajstić information content (AvgIpc) is 3.24. The van der Waals surface area contributed by atoms with Crippen LogP contribution in [0, 0.1) is 11.8 Å². The van der Waals surface area contributed by atoms with Gasteiger partial charge in [0, 0.05) is 12.0 Å². The minimum absolute atomic E-state index is 0.0794. The Balaban J connectivity index is 1.51. The quantitative estimate of drug-likeness (QED) is 0.706. The number of halogens is 2. The minimum Gasteiger partial charge on any atom is -0.403 e. The third-order valence-corrected chi connectivity index (χ3v) is 6.20. The van der Waals surface area contributed by atoms with Crippen LogP contribution in [0.5, 0.6) is 6.01 Å². The number of H-pyrrole nitrogens is 1. The lowest BCUT2D eigenvalue weighted by molar-refractivity contribution is 0.0660. The first-order valence-corrected chi connectivity index (χ1v) is 10.6. The molecule has 30 heavy (non-hydrogen) atoms. The highest BCUT2D eigenvalue weighted by atomic mass is 19.3. The monoisotopic (exact) mass is 421 g/mol. The topological polar surface area (TPSA) is 97.5 Å². The molecule has 0 unspecified atom stereocenters. The molecule has 0 amide bonds. The number of aromatic nitrogens is 2. The molecule has 2 aromatic rings. The molecule has 0 aromatic carbocycles. The molecule has 9 heteroatoms. The molecule has 0 spiro atoms. The first-order valence-electron chi connectivity index (χ1n) is 10.6. The van der Waals surface area contributed by atoms with E-state index in [9.17, 15) is 18.4 Å². The summed E-state index contributed by atoms with van der Waals surface area (Å²) < 4.78 is 30.6. The molecule has 162 valence electrons. The number of aromatic amines is 1. The Bertz CT molecular complexity index is 1030. The number of oxime groups is 1. The lowest BCUT2D eigenvalue weighted by Crippen LogP contribution is -2.20. The number of hydrogen-bond acceptors (Lipinski definition) is 6. The van der Waals surface area contributed by atoms with Gasteiger partial charge in [-0.15, -0.1) is 0 Å². The van der Waals surface area contributed by atoms with E-state index in [-0.39, 0.29) is 17.1 Å². The summed E-state index contributed by atoms with van der Waals surface area (Å²) in [5, 5.41) is 4.20. The van der Waals surface area contributed by atoms with Gasteiger partial charge in [0.25, 0.3) is 5.56 Å². The molecule has 0 radical (unpaired) electrons. The van der Waals surface area contributed by atoms with Gasteiger partial charge in [0.15, 0.2) is 0 Å². The van der Waals surface area contributed by atoms with E-state index in [2.05, 4.69) is 15.1 Å². The van der Waals surface area contributed by atoms with Crippen molar-refractivity contribution in [1.29, 1.82) is 0 Å². The smallest absolute Gasteiger partial charge is 0.337 e. The van der Waals surface area contributed by atoms with Crippen LogP contribution in [0.3, 0.4) is 0 Å². The summed E-state index contributed by atoms with van der Waals surface area (Å²) in [5.41, 5.74) is 0.169. The summed E-state index contributed by atoms with van der Waals surface area (Å²) in [4.78, 5) is 36.4. The number of rotatable bonds is 6. The molecule has 1 N–H and O–H groups in total. The lowest BCUT2D eigenvalue weighted by atomic mass is 9.88. The fourth-order valence-corrected chi connectivity index (χ4v) is 4.45. The summed E-state index contributed by atoms with van der Waals surface area (Å²) in [6.07, 6.45) is 5.56. The Kier molecular flexibility index (Phi) is 6.24. The van der Waals surface area contributed by atoms with Gasteiger partial charge in [-0.1, -0.05) is 30.8 Å². The van der Waals surface area contributed by atoms with Crippen molar-refractivity contribution in [1.82, 2.24) is 9.97 Å². The maximum absolute atomic E-state index is 12.7. The Hall–Kier alpha value is -2.58. The van der Waals surface area contributed by atoms with Gasteiger partial charge in [-0.25, -0.2) is 13.6 Å². The number of hydrogen-bond donors (Lipinski definition) is 1. The van der Waals surface area contributed by atoms with Crippen LogP contribution in [0.25, 0.3) is 11.1 Å². The molecule has 2 aromatic heterocycles. The van der Waals surface area contributed by atoms with Crippen molar-refractivity contribution in [2.24, 2.45) is 17.0 Å². The maximum Gasteiger partial charge on any atom is 0.337 e. The minimum atomic E-state index is -2.32. The molecule has 0 bridgehead atoms. The standard InChI is InChI=1S/C21H25F2N3O4/c22-18(23)13-7-9-15(10-8-13)26-30-21-24-19(28)17-14(6-5-12-3-1-2-4-12)11-16(27)29-20(17)25-21/h11-13,18H,1-10H2,(H,24,25,28). The second kappa shape index (κ2) is 9.06. The molecule has 2 aliphatic rings. The third kappa shape index (κ3) is 4.76. The van der Waals surface area contributed by atoms with Crippen molar-refractivity contribution in [3.05, 3.63) is 32.4 Å². The van der Waals surface area contributed by atoms with E-state index >= 15 is 0 Å². The van der Waals surface area contributed by atoms with Crippen LogP contribution in [-0.2, 0) is 6.42 Å². The maximum atomic E-state index is 12.7. The largest absolute Gasteiger partial charge is 0.403 e. The second-order valence-electron chi connectivity index (χ2n) is 8.25. The number of fused-ring (bicyclic) bond motifs is 1. The summed E-state index contributed by atoms with van der Waals surface area (Å²) in [6.45, 7) is 0. The lowest BCUT2D eigenvalue weighted by Gasteiger charge is -2.21. The number of nitrogens with zero attached hydrogens (tertiary/aromatic N) is 2. The van der Waals surface area contributed by atoms with E-state index in [1.54, 1.807) is 0 Å². The summed E-state index contributed by atoms with van der Waals surface area (Å²) >= 11 is 0. The van der Waals surface area contributed by atoms with Gasteiger partial charge in [0.05, 0.1) is 5.71 Å². The number of nitrogens with one attached hydrogen (secondary N) is 1. The zero-order valence-electron chi connectivity index (χ0n) is 16.7. The van der Waals surface area contributed by atoms with E-state index in [1.165, 1.54) is 31.7 Å². The van der Waals surface area contributed by atoms with Gasteiger partial charge in [0.1, 0.15) is 5.39 Å². The van der Waals surface area contributed by atoms with Crippen molar-refractivity contribution in [3.63, 3.8) is 0 Å². The van der Waals surface area contributed by atoms with E-state index < -0.39 is 23.5 Å². The second-order valence-corrected chi connectivity index (χ2v) is 8.25. The molecular formula is C21H25F2N3O4. The molecule has 0 saturated heterocycles. The van der Waals surface area contributed by atoms with E-state index in [0.29, 0.717) is 49.3 Å². The van der Waals surface area contributed by atoms with Crippen molar-refractivity contribution in [2.75, 3.05) is 0 Å². The van der Waals surface area contributed by atoms with Crippen molar-refractivity contribution < 1.29 is 18.0 Å². The molecule has 7 nitrogen and oxygen atoms in total. The Morgan fingerprint density at radius 3 is 2.63 bits per heavy atom. The molecule has 2 saturated carbocycles. The highest BCUT2D eigenvalue weighted by Gasteiger charge is 2.25. The van der Waals surface area contributed by atoms with Crippen LogP contribution < -0.4 is 16.0 Å². The first kappa shape index (κ1) is 20.7. The molecule has 2 aliphatic carbocycles. The summed E-state index contributed by atoms with van der Waals surface area (Å²) in [6, 6.07) is 1.17. The summed E-state index contributed by atoms with van der Waals surface area (Å²) in [7, 11) is 0. The van der Waals surface area contributed by atoms with Gasteiger partial charge in [0.2, 0.25) is 12.1 Å². The Morgan fingerprint density at radius 1 is 1.20 bits per heavy atom. The van der Waals surface area contributed by atoms with Gasteiger partial charge in [-0.05, 0) is 50.0 Å². The average molecular weight is 421 g/mol. The fraction of sp³-hybridized carbons (Fsp3) is 0.619. The molecule has 0 aliphatic heterocycles. The molecule has 2 heterocycles. The zero-order valence-corrected chi connectivity index (χ0v) is 16.7. The Morgan fingerprint density at radius 2 is 1.93 bits per heavy atom. The van der Waals surface area contributed by atoms with Crippen molar-refractivity contribution in [3.8, 4) is 6.01 Å². The van der Waals surface area contributed by atoms with Crippen LogP contribution in [0.2, 0.25) is 0 Å². The number of alkyl halides is 2. The van der Waals surface area contributed by atoms with Crippen LogP contribution >= 0.6 is 0 Å². The number of aryl methyl sites for hydroxylation is 1. The molecule has 0 atom stereocenters. The van der Waals surface area contributed by atoms with Gasteiger partial charge in [-0.2, -0.15) is 4.98 Å². The fourth-order valence-electron chi connectivity index (χ4n) is 4.45. The Labute approximate surface area is 171 Å². The predicted octanol–water partition coefficient (Wildman–Crippen LogP) is 4.19. The predicted molar refractivity (Wildman–Crippen MR) is 107 cm³/mol. The van der Waals surface area contributed by atoms with Crippen LogP contribution in [-0.4, -0.2) is 22.1 Å². The van der Waals surface area contributed by atoms with Crippen molar-refractivity contribution in [2.45, 2.75) is 70.6 Å². The highest BCUT2D eigenvalue weighted by Crippen LogP contribution is 2.30. The first-order chi connectivity index (χ1) is 14.5. The SMILES string of the molecule is O=c1cc(CCC2CCCC2)c2c(=O)[nH]c(ON=C3CCC(C(F)F)CC3)nc2o1. The molecule has 2 fully saturated rings. The van der Waals surface area contributed by atoms with Gasteiger partial charge >= 0.3 is 11.6 Å². The van der Waals surface area contributed by atoms with Crippen molar-refractivity contribution >= 4 is 16.8 Å². The van der Waals surface area contributed by atoms with E-state index in [4.69, 9.17) is 9.25 Å². The highest BCUT2D eigenvalue weighted by molar-refractivity contribution is 5.84. The van der Waals surface area contributed by atoms with Gasteiger partial charge in [-0.3, -0.25) is 9.78 Å².